The van der Waals surface area contributed by atoms with Gasteiger partial charge in [0.2, 0.25) is 0 Å². The molecule has 0 fully saturated rings. The lowest BCUT2D eigenvalue weighted by Crippen LogP contribution is -1.97. The Labute approximate surface area is 136 Å². The molecule has 0 spiro atoms. The van der Waals surface area contributed by atoms with Crippen LogP contribution < -0.4 is 4.74 Å². The van der Waals surface area contributed by atoms with E-state index < -0.39 is 0 Å². The molecule has 1 nitrogen and oxygen atoms in total. The van der Waals surface area contributed by atoms with Crippen molar-refractivity contribution < 1.29 is 4.74 Å². The lowest BCUT2D eigenvalue weighted by atomic mass is 10.2. The van der Waals surface area contributed by atoms with Crippen molar-refractivity contribution in [3.63, 3.8) is 0 Å². The molecular formula is C13H8Br3ClO. The Morgan fingerprint density at radius 1 is 1.00 bits per heavy atom. The van der Waals surface area contributed by atoms with Crippen LogP contribution in [-0.2, 0) is 6.61 Å². The van der Waals surface area contributed by atoms with Crippen LogP contribution in [0.1, 0.15) is 5.56 Å². The molecule has 2 rings (SSSR count). The van der Waals surface area contributed by atoms with Gasteiger partial charge in [0.05, 0.1) is 8.95 Å². The van der Waals surface area contributed by atoms with Crippen molar-refractivity contribution in [3.8, 4) is 5.75 Å². The average molecular weight is 455 g/mol. The third-order valence-electron chi connectivity index (χ3n) is 2.31. The van der Waals surface area contributed by atoms with E-state index in [0.29, 0.717) is 11.6 Å². The summed E-state index contributed by atoms with van der Waals surface area (Å²) in [5.74, 6) is 0.775. The molecule has 0 aliphatic heterocycles. The van der Waals surface area contributed by atoms with Crippen molar-refractivity contribution in [1.29, 1.82) is 0 Å². The molecule has 0 atom stereocenters. The third kappa shape index (κ3) is 3.50. The van der Waals surface area contributed by atoms with Crippen molar-refractivity contribution >= 4 is 59.4 Å². The summed E-state index contributed by atoms with van der Waals surface area (Å²) >= 11 is 16.4. The zero-order valence-electron chi connectivity index (χ0n) is 9.09. The number of halogens is 4. The van der Waals surface area contributed by atoms with Gasteiger partial charge in [-0.25, -0.2) is 0 Å². The molecule has 0 unspecified atom stereocenters. The first kappa shape index (κ1) is 14.4. The summed E-state index contributed by atoms with van der Waals surface area (Å²) in [6, 6.07) is 11.5. The van der Waals surface area contributed by atoms with Crippen LogP contribution in [-0.4, -0.2) is 0 Å². The molecule has 0 heterocycles. The summed E-state index contributed by atoms with van der Waals surface area (Å²) in [4.78, 5) is 0. The van der Waals surface area contributed by atoms with Gasteiger partial charge < -0.3 is 4.74 Å². The summed E-state index contributed by atoms with van der Waals surface area (Å²) in [7, 11) is 0. The fourth-order valence-corrected chi connectivity index (χ4v) is 3.36. The highest BCUT2D eigenvalue weighted by Crippen LogP contribution is 2.34. The maximum Gasteiger partial charge on any atom is 0.148 e. The fraction of sp³-hybridized carbons (Fsp3) is 0.0769. The van der Waals surface area contributed by atoms with Crippen molar-refractivity contribution in [2.24, 2.45) is 0 Å². The highest BCUT2D eigenvalue weighted by Gasteiger charge is 2.07. The Kier molecular flexibility index (Phi) is 5.13. The van der Waals surface area contributed by atoms with Gasteiger partial charge >= 0.3 is 0 Å². The Bertz CT molecular complexity index is 552. The molecule has 94 valence electrons. The zero-order chi connectivity index (χ0) is 13.1. The molecule has 2 aromatic carbocycles. The summed E-state index contributed by atoms with van der Waals surface area (Å²) in [5.41, 5.74) is 0.947. The quantitative estimate of drug-likeness (QED) is 0.535. The van der Waals surface area contributed by atoms with Crippen molar-refractivity contribution in [3.05, 3.63) is 60.4 Å². The smallest absolute Gasteiger partial charge is 0.148 e. The predicted molar refractivity (Wildman–Crippen MR) is 85.3 cm³/mol. The number of rotatable bonds is 3. The number of hydrogen-bond donors (Lipinski definition) is 0. The zero-order valence-corrected chi connectivity index (χ0v) is 14.6. The minimum absolute atomic E-state index is 0.424. The van der Waals surface area contributed by atoms with Gasteiger partial charge in [-0.05, 0) is 56.1 Å². The van der Waals surface area contributed by atoms with Gasteiger partial charge in [-0.1, -0.05) is 39.7 Å². The molecule has 0 amide bonds. The second kappa shape index (κ2) is 6.42. The Hall–Kier alpha value is -0.0300. The van der Waals surface area contributed by atoms with Crippen LogP contribution in [0.3, 0.4) is 0 Å². The fourth-order valence-electron chi connectivity index (χ4n) is 1.41. The summed E-state index contributed by atoms with van der Waals surface area (Å²) in [6.07, 6.45) is 0. The second-order valence-electron chi connectivity index (χ2n) is 3.58. The Morgan fingerprint density at radius 3 is 2.28 bits per heavy atom. The SMILES string of the molecule is Clc1cc(Br)ccc1COc1c(Br)cccc1Br. The van der Waals surface area contributed by atoms with Crippen molar-refractivity contribution in [2.75, 3.05) is 0 Å². The van der Waals surface area contributed by atoms with E-state index in [4.69, 9.17) is 16.3 Å². The van der Waals surface area contributed by atoms with E-state index in [1.165, 1.54) is 0 Å². The molecule has 18 heavy (non-hydrogen) atoms. The second-order valence-corrected chi connectivity index (χ2v) is 6.61. The minimum Gasteiger partial charge on any atom is -0.486 e. The summed E-state index contributed by atoms with van der Waals surface area (Å²) in [6.45, 7) is 0.424. The highest BCUT2D eigenvalue weighted by atomic mass is 79.9. The molecule has 0 radical (unpaired) electrons. The first-order valence-electron chi connectivity index (χ1n) is 5.08. The molecule has 0 saturated carbocycles. The standard InChI is InChI=1S/C13H8Br3ClO/c14-9-5-4-8(12(17)6-9)7-18-13-10(15)2-1-3-11(13)16/h1-6H,7H2. The first-order chi connectivity index (χ1) is 8.58. The molecule has 5 heteroatoms. The molecular weight excluding hydrogens is 447 g/mol. The largest absolute Gasteiger partial charge is 0.486 e. The van der Waals surface area contributed by atoms with Gasteiger partial charge in [0.1, 0.15) is 12.4 Å². The van der Waals surface area contributed by atoms with Crippen LogP contribution in [0.15, 0.2) is 49.8 Å². The molecule has 2 aromatic rings. The van der Waals surface area contributed by atoms with Gasteiger partial charge in [0, 0.05) is 15.1 Å². The van der Waals surface area contributed by atoms with Gasteiger partial charge in [0.25, 0.3) is 0 Å². The monoisotopic (exact) mass is 452 g/mol. The normalized spacial score (nSPS) is 10.4. The number of benzene rings is 2. The van der Waals surface area contributed by atoms with E-state index in [1.54, 1.807) is 0 Å². The van der Waals surface area contributed by atoms with E-state index in [2.05, 4.69) is 47.8 Å². The third-order valence-corrected chi connectivity index (χ3v) is 4.40. The molecule has 0 aliphatic carbocycles. The first-order valence-corrected chi connectivity index (χ1v) is 7.84. The van der Waals surface area contributed by atoms with E-state index >= 15 is 0 Å². The van der Waals surface area contributed by atoms with E-state index in [9.17, 15) is 0 Å². The molecule has 0 N–H and O–H groups in total. The van der Waals surface area contributed by atoms with Gasteiger partial charge in [-0.2, -0.15) is 0 Å². The Morgan fingerprint density at radius 2 is 1.67 bits per heavy atom. The summed E-state index contributed by atoms with van der Waals surface area (Å²) < 4.78 is 8.55. The maximum absolute atomic E-state index is 6.14. The number of para-hydroxylation sites is 1. The van der Waals surface area contributed by atoms with Crippen LogP contribution in [0.2, 0.25) is 5.02 Å². The topological polar surface area (TPSA) is 9.23 Å². The molecule has 0 bridgehead atoms. The van der Waals surface area contributed by atoms with Gasteiger partial charge in [-0.15, -0.1) is 0 Å². The minimum atomic E-state index is 0.424. The number of ether oxygens (including phenoxy) is 1. The van der Waals surface area contributed by atoms with Gasteiger partial charge in [-0.3, -0.25) is 0 Å². The molecule has 0 aliphatic rings. The van der Waals surface area contributed by atoms with E-state index in [-0.39, 0.29) is 0 Å². The lowest BCUT2D eigenvalue weighted by Gasteiger charge is -2.11. The predicted octanol–water partition coefficient (Wildman–Crippen LogP) is 6.21. The maximum atomic E-state index is 6.14. The Balaban J connectivity index is 2.16. The van der Waals surface area contributed by atoms with Crippen molar-refractivity contribution in [2.45, 2.75) is 6.61 Å². The van der Waals surface area contributed by atoms with Crippen molar-refractivity contribution in [1.82, 2.24) is 0 Å². The highest BCUT2D eigenvalue weighted by molar-refractivity contribution is 9.11. The number of hydrogen-bond acceptors (Lipinski definition) is 1. The molecule has 0 aromatic heterocycles. The van der Waals surface area contributed by atoms with E-state index in [0.717, 1.165) is 24.7 Å². The summed E-state index contributed by atoms with van der Waals surface area (Å²) in [5, 5.41) is 0.688. The van der Waals surface area contributed by atoms with Crippen LogP contribution >= 0.6 is 59.4 Å². The average Bonchev–Trinajstić information content (AvgIpc) is 2.31. The van der Waals surface area contributed by atoms with Crippen LogP contribution in [0.5, 0.6) is 5.75 Å². The van der Waals surface area contributed by atoms with Crippen LogP contribution in [0, 0.1) is 0 Å². The molecule has 0 saturated heterocycles. The van der Waals surface area contributed by atoms with Crippen LogP contribution in [0.4, 0.5) is 0 Å². The van der Waals surface area contributed by atoms with Crippen LogP contribution in [0.25, 0.3) is 0 Å². The van der Waals surface area contributed by atoms with E-state index in [1.807, 2.05) is 36.4 Å². The van der Waals surface area contributed by atoms with Gasteiger partial charge in [0.15, 0.2) is 0 Å². The lowest BCUT2D eigenvalue weighted by molar-refractivity contribution is 0.302.